The summed E-state index contributed by atoms with van der Waals surface area (Å²) in [5, 5.41) is 8.54. The molecule has 8 heteroatoms. The molecule has 0 aliphatic carbocycles. The van der Waals surface area contributed by atoms with Crippen LogP contribution in [0.3, 0.4) is 0 Å². The van der Waals surface area contributed by atoms with Crippen molar-refractivity contribution < 1.29 is 14.3 Å². The largest absolute Gasteiger partial charge is 0.491 e. The maximum absolute atomic E-state index is 13.5. The van der Waals surface area contributed by atoms with Gasteiger partial charge in [-0.1, -0.05) is 25.1 Å². The predicted molar refractivity (Wildman–Crippen MR) is 139 cm³/mol. The number of allylic oxidation sites excluding steroid dienone is 4. The highest BCUT2D eigenvalue weighted by atomic mass is 16.5. The van der Waals surface area contributed by atoms with Crippen molar-refractivity contribution in [3.05, 3.63) is 102 Å². The highest BCUT2D eigenvalue weighted by molar-refractivity contribution is 6.08. The lowest BCUT2D eigenvalue weighted by atomic mass is 10.0. The van der Waals surface area contributed by atoms with Crippen LogP contribution in [0, 0.1) is 12.8 Å². The molecule has 0 bridgehead atoms. The lowest BCUT2D eigenvalue weighted by molar-refractivity contribution is -0.113. The van der Waals surface area contributed by atoms with E-state index < -0.39 is 0 Å². The van der Waals surface area contributed by atoms with Crippen molar-refractivity contribution in [3.63, 3.8) is 0 Å². The number of fused-ring (bicyclic) bond motifs is 2. The van der Waals surface area contributed by atoms with Crippen LogP contribution in [0.15, 0.2) is 90.3 Å². The van der Waals surface area contributed by atoms with Gasteiger partial charge >= 0.3 is 0 Å². The number of nitrogens with one attached hydrogen (secondary N) is 1. The Morgan fingerprint density at radius 3 is 2.83 bits per heavy atom. The van der Waals surface area contributed by atoms with Gasteiger partial charge in [-0.05, 0) is 49.3 Å². The number of carbonyl (C=O) groups is 1. The predicted octanol–water partition coefficient (Wildman–Crippen LogP) is 4.52. The van der Waals surface area contributed by atoms with Crippen molar-refractivity contribution in [2.24, 2.45) is 5.92 Å². The first-order chi connectivity index (χ1) is 17.5. The Hall–Kier alpha value is -4.17. The molecule has 0 spiro atoms. The Bertz CT molecular complexity index is 1420. The number of carbonyl (C=O) groups excluding carboxylic acids is 1. The third kappa shape index (κ3) is 4.94. The molecule has 8 nitrogen and oxygen atoms in total. The summed E-state index contributed by atoms with van der Waals surface area (Å²) in [6.07, 6.45) is 11.5. The first kappa shape index (κ1) is 23.6. The van der Waals surface area contributed by atoms with E-state index in [1.165, 1.54) is 0 Å². The number of benzene rings is 1. The minimum absolute atomic E-state index is 0.0975. The minimum atomic E-state index is -0.185. The zero-order valence-corrected chi connectivity index (χ0v) is 20.6. The molecule has 0 saturated heterocycles. The van der Waals surface area contributed by atoms with Crippen molar-refractivity contribution in [2.45, 2.75) is 20.4 Å². The van der Waals surface area contributed by atoms with Crippen LogP contribution in [-0.2, 0) is 20.8 Å². The molecule has 1 amide bonds. The summed E-state index contributed by atoms with van der Waals surface area (Å²) in [6.45, 7) is 5.57. The number of amides is 1. The van der Waals surface area contributed by atoms with Crippen molar-refractivity contribution >= 4 is 22.5 Å². The summed E-state index contributed by atoms with van der Waals surface area (Å²) in [7, 11) is 1.64. The molecule has 3 aromatic rings. The van der Waals surface area contributed by atoms with Gasteiger partial charge in [0.1, 0.15) is 18.1 Å². The fraction of sp³-hybridized carbons (Fsp3) is 0.250. The number of ether oxygens (including phenoxy) is 2. The van der Waals surface area contributed by atoms with Crippen molar-refractivity contribution in [3.8, 4) is 0 Å². The number of pyridine rings is 1. The Morgan fingerprint density at radius 1 is 1.14 bits per heavy atom. The van der Waals surface area contributed by atoms with Gasteiger partial charge in [-0.15, -0.1) is 0 Å². The van der Waals surface area contributed by atoms with E-state index in [0.29, 0.717) is 31.1 Å². The summed E-state index contributed by atoms with van der Waals surface area (Å²) in [6, 6.07) is 11.8. The van der Waals surface area contributed by atoms with Crippen molar-refractivity contribution in [2.75, 3.05) is 25.6 Å². The molecule has 1 unspecified atom stereocenters. The Kier molecular flexibility index (Phi) is 6.69. The second kappa shape index (κ2) is 10.2. The van der Waals surface area contributed by atoms with Gasteiger partial charge in [0.05, 0.1) is 36.2 Å². The maximum atomic E-state index is 13.5. The smallest absolute Gasteiger partial charge is 0.272 e. The van der Waals surface area contributed by atoms with E-state index in [2.05, 4.69) is 28.4 Å². The van der Waals surface area contributed by atoms with Crippen molar-refractivity contribution in [1.29, 1.82) is 0 Å². The SMILES string of the molecule is COCCOC1=CC2=CC(C)C=C(C(=O)Nc3cccc4c3cnn4Cc3cccc(C)n3)N2C=C1. The monoisotopic (exact) mass is 483 g/mol. The molecule has 1 aromatic carbocycles. The quantitative estimate of drug-likeness (QED) is 0.475. The topological polar surface area (TPSA) is 81.5 Å². The highest BCUT2D eigenvalue weighted by Crippen LogP contribution is 2.31. The number of methoxy groups -OCH3 is 1. The van der Waals surface area contributed by atoms with Gasteiger partial charge in [-0.25, -0.2) is 0 Å². The van der Waals surface area contributed by atoms with E-state index in [1.54, 1.807) is 13.3 Å². The van der Waals surface area contributed by atoms with Crippen LogP contribution >= 0.6 is 0 Å². The van der Waals surface area contributed by atoms with Crippen LogP contribution in [-0.4, -0.2) is 45.9 Å². The molecule has 0 fully saturated rings. The van der Waals surface area contributed by atoms with Crippen LogP contribution in [0.1, 0.15) is 18.3 Å². The molecular weight excluding hydrogens is 454 g/mol. The van der Waals surface area contributed by atoms with Crippen LogP contribution in [0.25, 0.3) is 10.9 Å². The first-order valence-electron chi connectivity index (χ1n) is 11.9. The molecule has 2 aromatic heterocycles. The highest BCUT2D eigenvalue weighted by Gasteiger charge is 2.26. The summed E-state index contributed by atoms with van der Waals surface area (Å²) >= 11 is 0. The fourth-order valence-corrected chi connectivity index (χ4v) is 4.38. The molecule has 184 valence electrons. The van der Waals surface area contributed by atoms with Crippen LogP contribution in [0.4, 0.5) is 5.69 Å². The molecule has 5 rings (SSSR count). The third-order valence-electron chi connectivity index (χ3n) is 6.05. The molecule has 2 aliphatic rings. The lowest BCUT2D eigenvalue weighted by Gasteiger charge is -2.31. The standard InChI is InChI=1S/C28H29N5O3/c1-19-14-22-16-23(36-13-12-35-3)10-11-32(22)27(15-19)28(34)31-25-8-5-9-26-24(25)17-29-33(26)18-21-7-4-6-20(2)30-21/h4-11,14-17,19H,12-13,18H2,1-3H3,(H,31,34). The summed E-state index contributed by atoms with van der Waals surface area (Å²) in [5.74, 6) is 0.652. The fourth-order valence-electron chi connectivity index (χ4n) is 4.38. The summed E-state index contributed by atoms with van der Waals surface area (Å²) < 4.78 is 12.7. The van der Waals surface area contributed by atoms with E-state index in [0.717, 1.165) is 33.7 Å². The zero-order valence-electron chi connectivity index (χ0n) is 20.6. The molecule has 0 saturated carbocycles. The van der Waals surface area contributed by atoms with Gasteiger partial charge in [0.25, 0.3) is 5.91 Å². The van der Waals surface area contributed by atoms with Gasteiger partial charge in [-0.3, -0.25) is 14.5 Å². The van der Waals surface area contributed by atoms with Crippen LogP contribution in [0.2, 0.25) is 0 Å². The second-order valence-electron chi connectivity index (χ2n) is 8.84. The van der Waals surface area contributed by atoms with Gasteiger partial charge < -0.3 is 19.7 Å². The average Bonchev–Trinajstić information content (AvgIpc) is 3.27. The van der Waals surface area contributed by atoms with Crippen LogP contribution < -0.4 is 5.32 Å². The maximum Gasteiger partial charge on any atom is 0.272 e. The normalized spacial score (nSPS) is 16.8. The van der Waals surface area contributed by atoms with E-state index in [4.69, 9.17) is 9.47 Å². The van der Waals surface area contributed by atoms with Gasteiger partial charge in [-0.2, -0.15) is 5.10 Å². The molecule has 1 atom stereocenters. The van der Waals surface area contributed by atoms with E-state index >= 15 is 0 Å². The average molecular weight is 484 g/mol. The molecule has 1 N–H and O–H groups in total. The minimum Gasteiger partial charge on any atom is -0.491 e. The first-order valence-corrected chi connectivity index (χ1v) is 11.9. The number of aromatic nitrogens is 3. The molecule has 0 radical (unpaired) electrons. The molecule has 4 heterocycles. The number of anilines is 1. The molecule has 2 aliphatic heterocycles. The summed E-state index contributed by atoms with van der Waals surface area (Å²) in [4.78, 5) is 19.9. The molecule has 36 heavy (non-hydrogen) atoms. The molecular formula is C28H29N5O3. The van der Waals surface area contributed by atoms with E-state index in [1.807, 2.05) is 77.3 Å². The summed E-state index contributed by atoms with van der Waals surface area (Å²) in [5.41, 5.74) is 5.02. The van der Waals surface area contributed by atoms with E-state index in [9.17, 15) is 4.79 Å². The number of hydrogen-bond acceptors (Lipinski definition) is 6. The van der Waals surface area contributed by atoms with Crippen LogP contribution in [0.5, 0.6) is 0 Å². The van der Waals surface area contributed by atoms with Gasteiger partial charge in [0, 0.05) is 36.2 Å². The van der Waals surface area contributed by atoms with Crippen molar-refractivity contribution in [1.82, 2.24) is 19.7 Å². The Balaban J connectivity index is 1.34. The Labute approximate surface area is 210 Å². The number of hydrogen-bond donors (Lipinski definition) is 1. The lowest BCUT2D eigenvalue weighted by Crippen LogP contribution is -2.30. The van der Waals surface area contributed by atoms with Gasteiger partial charge in [0.2, 0.25) is 0 Å². The number of rotatable bonds is 8. The zero-order chi connectivity index (χ0) is 25.1. The van der Waals surface area contributed by atoms with Gasteiger partial charge in [0.15, 0.2) is 0 Å². The second-order valence-corrected chi connectivity index (χ2v) is 8.84. The Morgan fingerprint density at radius 2 is 2.00 bits per heavy atom. The number of nitrogens with zero attached hydrogens (tertiary/aromatic N) is 4. The van der Waals surface area contributed by atoms with E-state index in [-0.39, 0.29) is 11.8 Å². The third-order valence-corrected chi connectivity index (χ3v) is 6.05. The number of aryl methyl sites for hydroxylation is 1.